The highest BCUT2D eigenvalue weighted by Crippen LogP contribution is 2.24. The summed E-state index contributed by atoms with van der Waals surface area (Å²) in [4.78, 5) is -0.346. The van der Waals surface area contributed by atoms with Crippen molar-refractivity contribution in [1.82, 2.24) is 0 Å². The zero-order valence-corrected chi connectivity index (χ0v) is 8.91. The van der Waals surface area contributed by atoms with Crippen LogP contribution in [0.3, 0.4) is 0 Å². The van der Waals surface area contributed by atoms with Crippen molar-refractivity contribution in [2.75, 3.05) is 13.2 Å². The summed E-state index contributed by atoms with van der Waals surface area (Å²) in [6.45, 7) is 1.44. The normalized spacial score (nSPS) is 11.4. The van der Waals surface area contributed by atoms with Crippen molar-refractivity contribution >= 4 is 10.1 Å². The molecule has 5 nitrogen and oxygen atoms in total. The Morgan fingerprint density at radius 3 is 2.73 bits per heavy atom. The molecule has 0 amide bonds. The van der Waals surface area contributed by atoms with Crippen molar-refractivity contribution < 1.29 is 22.8 Å². The topological polar surface area (TPSA) is 83.8 Å². The molecule has 1 aromatic carbocycles. The van der Waals surface area contributed by atoms with Gasteiger partial charge in [-0.25, -0.2) is 0 Å². The van der Waals surface area contributed by atoms with Gasteiger partial charge in [-0.3, -0.25) is 4.55 Å². The minimum absolute atomic E-state index is 0.0165. The fourth-order valence-electron chi connectivity index (χ4n) is 1.03. The maximum absolute atomic E-state index is 10.9. The molecule has 0 saturated carbocycles. The Bertz CT molecular complexity index is 438. The molecule has 83 valence electrons. The van der Waals surface area contributed by atoms with Crippen LogP contribution in [-0.4, -0.2) is 31.3 Å². The van der Waals surface area contributed by atoms with Crippen molar-refractivity contribution in [2.45, 2.75) is 11.8 Å². The average molecular weight is 231 g/mol. The molecule has 0 fully saturated rings. The Morgan fingerprint density at radius 1 is 1.53 bits per heavy atom. The zero-order valence-electron chi connectivity index (χ0n) is 8.10. The van der Waals surface area contributed by atoms with Crippen LogP contribution in [0.5, 0.6) is 5.75 Å². The molecule has 0 spiro atoms. The summed E-state index contributed by atoms with van der Waals surface area (Å²) >= 11 is 0. The fraction of sp³-hybridized carbons (Fsp3) is 0.333. The molecule has 0 atom stereocenters. The van der Waals surface area contributed by atoms with E-state index in [4.69, 9.17) is 14.4 Å². The molecule has 1 rings (SSSR count). The summed E-state index contributed by atoms with van der Waals surface area (Å²) in [5.74, 6) is 0.0165. The molecular weight excluding hydrogens is 220 g/mol. The molecule has 0 aliphatic rings. The molecule has 0 aliphatic carbocycles. The van der Waals surface area contributed by atoms with Gasteiger partial charge in [-0.05, 0) is 30.7 Å². The van der Waals surface area contributed by atoms with Gasteiger partial charge in [-0.15, -0.1) is 0 Å². The number of hydrogen-bond donors (Lipinski definition) is 2. The quantitative estimate of drug-likeness (QED) is 0.733. The molecular formula is C9H11O5S. The highest BCUT2D eigenvalue weighted by atomic mass is 32.2. The number of rotatable bonds is 4. The first kappa shape index (κ1) is 12.0. The van der Waals surface area contributed by atoms with E-state index in [0.717, 1.165) is 6.07 Å². The van der Waals surface area contributed by atoms with E-state index in [-0.39, 0.29) is 23.9 Å². The van der Waals surface area contributed by atoms with Crippen LogP contribution in [0.4, 0.5) is 0 Å². The Kier molecular flexibility index (Phi) is 3.67. The Hall–Kier alpha value is -1.11. The first-order valence-corrected chi connectivity index (χ1v) is 5.62. The van der Waals surface area contributed by atoms with Gasteiger partial charge in [0, 0.05) is 0 Å². The predicted molar refractivity (Wildman–Crippen MR) is 52.4 cm³/mol. The molecule has 0 bridgehead atoms. The second kappa shape index (κ2) is 4.61. The number of aryl methyl sites for hydroxylation is 1. The van der Waals surface area contributed by atoms with E-state index < -0.39 is 10.1 Å². The number of aliphatic hydroxyl groups is 1. The van der Waals surface area contributed by atoms with E-state index in [1.54, 1.807) is 6.92 Å². The third-order valence-corrected chi connectivity index (χ3v) is 2.52. The SMILES string of the molecule is Cc1[c]cc(S(=O)(=O)O)c(OCCO)c1. The first-order chi connectivity index (χ1) is 6.95. The minimum Gasteiger partial charge on any atom is -0.490 e. The van der Waals surface area contributed by atoms with Crippen LogP contribution in [-0.2, 0) is 10.1 Å². The van der Waals surface area contributed by atoms with Gasteiger partial charge in [-0.2, -0.15) is 8.42 Å². The fourth-order valence-corrected chi connectivity index (χ4v) is 1.61. The molecule has 0 aromatic heterocycles. The van der Waals surface area contributed by atoms with Gasteiger partial charge in [0.25, 0.3) is 10.1 Å². The van der Waals surface area contributed by atoms with Crippen LogP contribution in [0.1, 0.15) is 5.56 Å². The molecule has 0 unspecified atom stereocenters. The number of ether oxygens (including phenoxy) is 1. The standard InChI is InChI=1S/C9H11O5S/c1-7-2-3-9(15(11,12)13)8(6-7)14-5-4-10/h3,6,10H,4-5H2,1H3,(H,11,12,13). The van der Waals surface area contributed by atoms with Gasteiger partial charge in [0.1, 0.15) is 17.3 Å². The van der Waals surface area contributed by atoms with E-state index in [1.165, 1.54) is 6.07 Å². The molecule has 1 radical (unpaired) electrons. The van der Waals surface area contributed by atoms with Gasteiger partial charge in [0.15, 0.2) is 0 Å². The number of hydrogen-bond acceptors (Lipinski definition) is 4. The van der Waals surface area contributed by atoms with Gasteiger partial charge in [0.2, 0.25) is 0 Å². The monoisotopic (exact) mass is 231 g/mol. The van der Waals surface area contributed by atoms with Crippen molar-refractivity contribution in [3.8, 4) is 5.75 Å². The van der Waals surface area contributed by atoms with Crippen LogP contribution in [0, 0.1) is 13.0 Å². The van der Waals surface area contributed by atoms with Gasteiger partial charge in [0.05, 0.1) is 6.61 Å². The Balaban J connectivity index is 3.15. The van der Waals surface area contributed by atoms with Crippen molar-refractivity contribution in [1.29, 1.82) is 0 Å². The summed E-state index contributed by atoms with van der Waals surface area (Å²) in [5, 5.41) is 8.55. The lowest BCUT2D eigenvalue weighted by Crippen LogP contribution is -2.07. The summed E-state index contributed by atoms with van der Waals surface area (Å²) in [6.07, 6.45) is 0. The predicted octanol–water partition coefficient (Wildman–Crippen LogP) is 0.413. The lowest BCUT2D eigenvalue weighted by atomic mass is 10.2. The zero-order chi connectivity index (χ0) is 11.5. The van der Waals surface area contributed by atoms with Gasteiger partial charge >= 0.3 is 0 Å². The Morgan fingerprint density at radius 2 is 2.20 bits per heavy atom. The molecule has 0 aliphatic heterocycles. The lowest BCUT2D eigenvalue weighted by Gasteiger charge is -2.08. The summed E-state index contributed by atoms with van der Waals surface area (Å²) in [5.41, 5.74) is 0.676. The molecule has 6 heteroatoms. The molecule has 15 heavy (non-hydrogen) atoms. The van der Waals surface area contributed by atoms with Crippen LogP contribution in [0.25, 0.3) is 0 Å². The maximum atomic E-state index is 10.9. The van der Waals surface area contributed by atoms with Crippen molar-refractivity contribution in [2.24, 2.45) is 0 Å². The van der Waals surface area contributed by atoms with E-state index in [1.807, 2.05) is 0 Å². The second-order valence-corrected chi connectivity index (χ2v) is 4.28. The van der Waals surface area contributed by atoms with Crippen LogP contribution in [0.2, 0.25) is 0 Å². The van der Waals surface area contributed by atoms with Gasteiger partial charge in [-0.1, -0.05) is 0 Å². The maximum Gasteiger partial charge on any atom is 0.298 e. The van der Waals surface area contributed by atoms with E-state index in [9.17, 15) is 8.42 Å². The van der Waals surface area contributed by atoms with Crippen molar-refractivity contribution in [3.05, 3.63) is 23.8 Å². The molecule has 0 heterocycles. The minimum atomic E-state index is -4.32. The van der Waals surface area contributed by atoms with E-state index >= 15 is 0 Å². The average Bonchev–Trinajstić information content (AvgIpc) is 2.12. The summed E-state index contributed by atoms with van der Waals surface area (Å²) < 4.78 is 35.7. The van der Waals surface area contributed by atoms with Crippen LogP contribution >= 0.6 is 0 Å². The highest BCUT2D eigenvalue weighted by molar-refractivity contribution is 7.86. The first-order valence-electron chi connectivity index (χ1n) is 4.18. The molecule has 1 aromatic rings. The lowest BCUT2D eigenvalue weighted by molar-refractivity contribution is 0.198. The smallest absolute Gasteiger partial charge is 0.298 e. The Labute approximate surface area is 88.1 Å². The number of benzene rings is 1. The van der Waals surface area contributed by atoms with Crippen LogP contribution < -0.4 is 4.74 Å². The highest BCUT2D eigenvalue weighted by Gasteiger charge is 2.16. The van der Waals surface area contributed by atoms with Crippen LogP contribution in [0.15, 0.2) is 17.0 Å². The van der Waals surface area contributed by atoms with Crippen molar-refractivity contribution in [3.63, 3.8) is 0 Å². The summed E-state index contributed by atoms with van der Waals surface area (Å²) in [6, 6.07) is 5.21. The largest absolute Gasteiger partial charge is 0.490 e. The molecule has 2 N–H and O–H groups in total. The third kappa shape index (κ3) is 3.19. The second-order valence-electron chi connectivity index (χ2n) is 2.89. The van der Waals surface area contributed by atoms with E-state index in [2.05, 4.69) is 6.07 Å². The van der Waals surface area contributed by atoms with Gasteiger partial charge < -0.3 is 9.84 Å². The summed E-state index contributed by atoms with van der Waals surface area (Å²) in [7, 11) is -4.32. The van der Waals surface area contributed by atoms with E-state index in [0.29, 0.717) is 5.56 Å². The molecule has 0 saturated heterocycles. The number of aliphatic hydroxyl groups excluding tert-OH is 1. The third-order valence-electron chi connectivity index (χ3n) is 1.65.